The molecular formula is C17H12BrClN4. The molecule has 0 aliphatic carbocycles. The molecule has 23 heavy (non-hydrogen) atoms. The minimum absolute atomic E-state index is 0.664. The summed E-state index contributed by atoms with van der Waals surface area (Å²) in [5.41, 5.74) is 5.52. The van der Waals surface area contributed by atoms with Gasteiger partial charge in [0, 0.05) is 22.3 Å². The van der Waals surface area contributed by atoms with Crippen molar-refractivity contribution in [1.29, 1.82) is 0 Å². The molecule has 2 aliphatic heterocycles. The second-order valence-corrected chi connectivity index (χ2v) is 6.63. The van der Waals surface area contributed by atoms with E-state index >= 15 is 0 Å². The monoisotopic (exact) mass is 386 g/mol. The molecule has 0 atom stereocenters. The van der Waals surface area contributed by atoms with Crippen molar-refractivity contribution < 1.29 is 0 Å². The van der Waals surface area contributed by atoms with Crippen LogP contribution in [0.3, 0.4) is 0 Å². The first-order chi connectivity index (χ1) is 11.1. The number of pyridine rings is 1. The number of aliphatic imine (C=N–C) groups is 2. The number of anilines is 1. The van der Waals surface area contributed by atoms with Crippen molar-refractivity contribution >= 4 is 44.8 Å². The predicted octanol–water partition coefficient (Wildman–Crippen LogP) is 4.45. The Morgan fingerprint density at radius 1 is 1.22 bits per heavy atom. The van der Waals surface area contributed by atoms with Crippen LogP contribution in [0.1, 0.15) is 18.1 Å². The van der Waals surface area contributed by atoms with E-state index < -0.39 is 0 Å². The number of halogens is 2. The fourth-order valence-electron chi connectivity index (χ4n) is 2.68. The van der Waals surface area contributed by atoms with Crippen LogP contribution in [0.5, 0.6) is 0 Å². The van der Waals surface area contributed by atoms with Crippen molar-refractivity contribution in [3.63, 3.8) is 0 Å². The van der Waals surface area contributed by atoms with Crippen LogP contribution in [0, 0.1) is 0 Å². The third kappa shape index (κ3) is 2.50. The van der Waals surface area contributed by atoms with Gasteiger partial charge in [-0.25, -0.2) is 9.98 Å². The summed E-state index contributed by atoms with van der Waals surface area (Å²) in [4.78, 5) is 13.8. The zero-order valence-electron chi connectivity index (χ0n) is 12.3. The van der Waals surface area contributed by atoms with E-state index in [-0.39, 0.29) is 0 Å². The van der Waals surface area contributed by atoms with E-state index in [0.29, 0.717) is 11.6 Å². The zero-order chi connectivity index (χ0) is 16.0. The minimum atomic E-state index is 0.664. The molecule has 0 bridgehead atoms. The van der Waals surface area contributed by atoms with Gasteiger partial charge in [-0.1, -0.05) is 29.8 Å². The number of rotatable bonds is 1. The second kappa shape index (κ2) is 5.58. The van der Waals surface area contributed by atoms with Gasteiger partial charge in [-0.05, 0) is 40.6 Å². The van der Waals surface area contributed by atoms with Crippen LogP contribution < -0.4 is 5.32 Å². The van der Waals surface area contributed by atoms with Crippen LogP contribution in [0.15, 0.2) is 62.4 Å². The van der Waals surface area contributed by atoms with Crippen LogP contribution in [0.4, 0.5) is 5.69 Å². The topological polar surface area (TPSA) is 49.6 Å². The molecule has 4 rings (SSSR count). The summed E-state index contributed by atoms with van der Waals surface area (Å²) in [5, 5.41) is 4.04. The standard InChI is InChI=1S/C17H12BrClN4/c1-9-7-21-17-15(9)23-16(10-4-2-3-5-12(10)19)11-8-20-14(18)6-13(11)22-17/h2-6,8H,7H2,1H3,(H,21,22). The van der Waals surface area contributed by atoms with Gasteiger partial charge in [0.1, 0.15) is 10.3 Å². The van der Waals surface area contributed by atoms with Crippen molar-refractivity contribution in [2.24, 2.45) is 9.98 Å². The van der Waals surface area contributed by atoms with Crippen molar-refractivity contribution in [2.45, 2.75) is 6.92 Å². The number of aromatic nitrogens is 1. The fourth-order valence-corrected chi connectivity index (χ4v) is 3.23. The highest BCUT2D eigenvalue weighted by atomic mass is 79.9. The van der Waals surface area contributed by atoms with Crippen LogP contribution in [0.2, 0.25) is 5.02 Å². The van der Waals surface area contributed by atoms with Gasteiger partial charge in [0.2, 0.25) is 0 Å². The van der Waals surface area contributed by atoms with Gasteiger partial charge in [0.05, 0.1) is 17.9 Å². The Labute approximate surface area is 147 Å². The lowest BCUT2D eigenvalue weighted by Gasteiger charge is -2.11. The number of amidine groups is 1. The molecule has 2 aliphatic rings. The van der Waals surface area contributed by atoms with E-state index in [1.54, 1.807) is 6.20 Å². The van der Waals surface area contributed by atoms with Gasteiger partial charge in [-0.3, -0.25) is 4.99 Å². The van der Waals surface area contributed by atoms with E-state index in [1.807, 2.05) is 37.3 Å². The first-order valence-corrected chi connectivity index (χ1v) is 8.31. The van der Waals surface area contributed by atoms with Gasteiger partial charge in [0.25, 0.3) is 0 Å². The van der Waals surface area contributed by atoms with Gasteiger partial charge in [-0.2, -0.15) is 0 Å². The SMILES string of the molecule is CC1=C2N=C(c3ccccc3Cl)c3cnc(Br)cc3NC2=NC1. The largest absolute Gasteiger partial charge is 0.338 e. The molecule has 1 N–H and O–H groups in total. The molecule has 0 spiro atoms. The number of hydrogen-bond donors (Lipinski definition) is 1. The Kier molecular flexibility index (Phi) is 3.54. The fraction of sp³-hybridized carbons (Fsp3) is 0.118. The average Bonchev–Trinajstić information content (AvgIpc) is 2.78. The first-order valence-electron chi connectivity index (χ1n) is 7.14. The molecule has 6 heteroatoms. The maximum Gasteiger partial charge on any atom is 0.152 e. The smallest absolute Gasteiger partial charge is 0.152 e. The Hall–Kier alpha value is -1.98. The summed E-state index contributed by atoms with van der Waals surface area (Å²) >= 11 is 9.83. The van der Waals surface area contributed by atoms with E-state index in [4.69, 9.17) is 16.6 Å². The van der Waals surface area contributed by atoms with Crippen LogP contribution >= 0.6 is 27.5 Å². The Morgan fingerprint density at radius 3 is 2.87 bits per heavy atom. The maximum absolute atomic E-state index is 6.41. The first kappa shape index (κ1) is 14.6. The molecule has 4 nitrogen and oxygen atoms in total. The summed E-state index contributed by atoms with van der Waals surface area (Å²) in [6.45, 7) is 2.71. The number of benzene rings is 1. The Balaban J connectivity index is 2.01. The molecule has 1 aromatic carbocycles. The normalized spacial score (nSPS) is 16.1. The molecule has 2 aromatic rings. The quantitative estimate of drug-likeness (QED) is 0.735. The molecule has 0 unspecified atom stereocenters. The second-order valence-electron chi connectivity index (χ2n) is 5.41. The number of nitrogens with zero attached hydrogens (tertiary/aromatic N) is 3. The van der Waals surface area contributed by atoms with Gasteiger partial charge in [0.15, 0.2) is 5.84 Å². The number of hydrogen-bond acceptors (Lipinski definition) is 4. The lowest BCUT2D eigenvalue weighted by atomic mass is 10.0. The summed E-state index contributed by atoms with van der Waals surface area (Å²) in [7, 11) is 0. The lowest BCUT2D eigenvalue weighted by molar-refractivity contribution is 1.16. The average molecular weight is 388 g/mol. The zero-order valence-corrected chi connectivity index (χ0v) is 14.6. The predicted molar refractivity (Wildman–Crippen MR) is 97.7 cm³/mol. The summed E-state index contributed by atoms with van der Waals surface area (Å²) < 4.78 is 0.755. The highest BCUT2D eigenvalue weighted by molar-refractivity contribution is 9.10. The van der Waals surface area contributed by atoms with Crippen LogP contribution in [0.25, 0.3) is 0 Å². The molecule has 3 heterocycles. The van der Waals surface area contributed by atoms with Gasteiger partial charge in [-0.15, -0.1) is 0 Å². The molecule has 0 radical (unpaired) electrons. The maximum atomic E-state index is 6.41. The number of fused-ring (bicyclic) bond motifs is 2. The van der Waals surface area contributed by atoms with Gasteiger partial charge < -0.3 is 5.32 Å². The molecular weight excluding hydrogens is 376 g/mol. The Morgan fingerprint density at radius 2 is 2.04 bits per heavy atom. The summed E-state index contributed by atoms with van der Waals surface area (Å²) in [5.74, 6) is 0.795. The van der Waals surface area contributed by atoms with Crippen molar-refractivity contribution in [3.05, 3.63) is 68.6 Å². The highest BCUT2D eigenvalue weighted by Crippen LogP contribution is 2.31. The van der Waals surface area contributed by atoms with E-state index in [9.17, 15) is 0 Å². The van der Waals surface area contributed by atoms with Crippen LogP contribution in [-0.2, 0) is 0 Å². The summed E-state index contributed by atoms with van der Waals surface area (Å²) in [6, 6.07) is 9.64. The lowest BCUT2D eigenvalue weighted by Crippen LogP contribution is -2.11. The molecule has 114 valence electrons. The van der Waals surface area contributed by atoms with Crippen molar-refractivity contribution in [1.82, 2.24) is 4.98 Å². The van der Waals surface area contributed by atoms with Crippen molar-refractivity contribution in [3.8, 4) is 0 Å². The summed E-state index contributed by atoms with van der Waals surface area (Å²) in [6.07, 6.45) is 1.80. The highest BCUT2D eigenvalue weighted by Gasteiger charge is 2.25. The molecule has 0 amide bonds. The minimum Gasteiger partial charge on any atom is -0.338 e. The third-order valence-corrected chi connectivity index (χ3v) is 4.60. The van der Waals surface area contributed by atoms with Crippen molar-refractivity contribution in [2.75, 3.05) is 11.9 Å². The van der Waals surface area contributed by atoms with E-state index in [0.717, 1.165) is 44.2 Å². The van der Waals surface area contributed by atoms with Crippen LogP contribution in [-0.4, -0.2) is 23.1 Å². The van der Waals surface area contributed by atoms with Gasteiger partial charge >= 0.3 is 0 Å². The molecule has 1 aromatic heterocycles. The molecule has 0 fully saturated rings. The van der Waals surface area contributed by atoms with E-state index in [1.165, 1.54) is 0 Å². The molecule has 0 saturated carbocycles. The third-order valence-electron chi connectivity index (χ3n) is 3.83. The Bertz CT molecular complexity index is 915. The van der Waals surface area contributed by atoms with E-state index in [2.05, 4.69) is 31.2 Å². The number of nitrogens with one attached hydrogen (secondary N) is 1. The molecule has 0 saturated heterocycles.